The lowest BCUT2D eigenvalue weighted by molar-refractivity contribution is -0.166. The molecule has 0 saturated carbocycles. The third-order valence-electron chi connectivity index (χ3n) is 1.96. The lowest BCUT2D eigenvalue weighted by Crippen LogP contribution is -2.07. The highest BCUT2D eigenvalue weighted by atomic mass is 16.7. The van der Waals surface area contributed by atoms with Crippen LogP contribution in [0.3, 0.4) is 0 Å². The summed E-state index contributed by atoms with van der Waals surface area (Å²) in [7, 11) is 0. The van der Waals surface area contributed by atoms with Crippen LogP contribution >= 0.6 is 0 Å². The van der Waals surface area contributed by atoms with E-state index in [1.54, 1.807) is 18.2 Å². The van der Waals surface area contributed by atoms with Gasteiger partial charge in [-0.25, -0.2) is 0 Å². The zero-order chi connectivity index (χ0) is 10.8. The molecule has 1 unspecified atom stereocenters. The highest BCUT2D eigenvalue weighted by Gasteiger charge is 2.17. The van der Waals surface area contributed by atoms with Crippen molar-refractivity contribution in [3.63, 3.8) is 0 Å². The molecule has 0 radical (unpaired) electrons. The SMILES string of the molecule is CC(=O)OC(O)c1ccc2c(c1)OCO2. The maximum atomic E-state index is 10.6. The third kappa shape index (κ3) is 2.02. The molecule has 1 aliphatic rings. The lowest BCUT2D eigenvalue weighted by Gasteiger charge is -2.10. The van der Waals surface area contributed by atoms with Gasteiger partial charge in [0.25, 0.3) is 0 Å². The van der Waals surface area contributed by atoms with Crippen molar-refractivity contribution in [2.75, 3.05) is 6.79 Å². The van der Waals surface area contributed by atoms with E-state index in [1.807, 2.05) is 0 Å². The quantitative estimate of drug-likeness (QED) is 0.582. The average Bonchev–Trinajstić information content (AvgIpc) is 2.62. The van der Waals surface area contributed by atoms with Crippen LogP contribution in [0.4, 0.5) is 0 Å². The van der Waals surface area contributed by atoms with Crippen molar-refractivity contribution < 1.29 is 24.1 Å². The second-order valence-electron chi connectivity index (χ2n) is 3.07. The molecule has 0 aliphatic carbocycles. The fourth-order valence-corrected chi connectivity index (χ4v) is 1.29. The monoisotopic (exact) mass is 210 g/mol. The van der Waals surface area contributed by atoms with Gasteiger partial charge in [0, 0.05) is 12.5 Å². The van der Waals surface area contributed by atoms with Crippen molar-refractivity contribution in [2.45, 2.75) is 13.2 Å². The molecule has 15 heavy (non-hydrogen) atoms. The molecule has 0 saturated heterocycles. The van der Waals surface area contributed by atoms with Crippen LogP contribution in [0, 0.1) is 0 Å². The van der Waals surface area contributed by atoms with E-state index in [0.717, 1.165) is 0 Å². The van der Waals surface area contributed by atoms with Crippen molar-refractivity contribution in [3.8, 4) is 11.5 Å². The van der Waals surface area contributed by atoms with Gasteiger partial charge in [-0.15, -0.1) is 0 Å². The van der Waals surface area contributed by atoms with E-state index in [2.05, 4.69) is 4.74 Å². The van der Waals surface area contributed by atoms with Crippen LogP contribution in [0.2, 0.25) is 0 Å². The number of esters is 1. The van der Waals surface area contributed by atoms with Crippen LogP contribution in [-0.4, -0.2) is 17.9 Å². The lowest BCUT2D eigenvalue weighted by atomic mass is 10.2. The van der Waals surface area contributed by atoms with Gasteiger partial charge in [-0.2, -0.15) is 0 Å². The molecule has 1 heterocycles. The van der Waals surface area contributed by atoms with E-state index >= 15 is 0 Å². The van der Waals surface area contributed by atoms with Gasteiger partial charge in [0.05, 0.1) is 0 Å². The van der Waals surface area contributed by atoms with Crippen LogP contribution in [-0.2, 0) is 9.53 Å². The van der Waals surface area contributed by atoms with Crippen molar-refractivity contribution in [2.24, 2.45) is 0 Å². The molecule has 1 atom stereocenters. The van der Waals surface area contributed by atoms with E-state index in [4.69, 9.17) is 9.47 Å². The first-order chi connectivity index (χ1) is 7.16. The van der Waals surface area contributed by atoms with E-state index in [0.29, 0.717) is 17.1 Å². The van der Waals surface area contributed by atoms with Gasteiger partial charge in [0.1, 0.15) is 0 Å². The summed E-state index contributed by atoms with van der Waals surface area (Å²) in [5.74, 6) is 0.618. The summed E-state index contributed by atoms with van der Waals surface area (Å²) in [5, 5.41) is 9.48. The summed E-state index contributed by atoms with van der Waals surface area (Å²) < 4.78 is 14.8. The largest absolute Gasteiger partial charge is 0.454 e. The van der Waals surface area contributed by atoms with Crippen LogP contribution in [0.1, 0.15) is 18.8 Å². The van der Waals surface area contributed by atoms with Gasteiger partial charge in [-0.3, -0.25) is 4.79 Å². The number of carbonyl (C=O) groups excluding carboxylic acids is 1. The van der Waals surface area contributed by atoms with E-state index in [-0.39, 0.29) is 6.79 Å². The predicted molar refractivity (Wildman–Crippen MR) is 49.3 cm³/mol. The molecule has 1 aromatic rings. The summed E-state index contributed by atoms with van der Waals surface area (Å²) in [4.78, 5) is 10.6. The summed E-state index contributed by atoms with van der Waals surface area (Å²) in [5.41, 5.74) is 0.453. The maximum absolute atomic E-state index is 10.6. The first kappa shape index (κ1) is 9.79. The minimum absolute atomic E-state index is 0.169. The Hall–Kier alpha value is -1.75. The third-order valence-corrected chi connectivity index (χ3v) is 1.96. The number of aliphatic hydroxyl groups excluding tert-OH is 1. The minimum Gasteiger partial charge on any atom is -0.454 e. The van der Waals surface area contributed by atoms with Gasteiger partial charge in [0.15, 0.2) is 11.5 Å². The molecule has 0 spiro atoms. The number of benzene rings is 1. The number of aliphatic hydroxyl groups is 1. The molecule has 1 N–H and O–H groups in total. The molecule has 0 fully saturated rings. The number of carbonyl (C=O) groups is 1. The van der Waals surface area contributed by atoms with Crippen LogP contribution in [0.5, 0.6) is 11.5 Å². The molecule has 2 rings (SSSR count). The Morgan fingerprint density at radius 2 is 2.20 bits per heavy atom. The molecule has 1 aromatic carbocycles. The number of fused-ring (bicyclic) bond motifs is 1. The number of hydrogen-bond donors (Lipinski definition) is 1. The molecule has 5 heteroatoms. The van der Waals surface area contributed by atoms with E-state index < -0.39 is 12.3 Å². The Balaban J connectivity index is 2.19. The molecule has 0 amide bonds. The highest BCUT2D eigenvalue weighted by Crippen LogP contribution is 2.34. The average molecular weight is 210 g/mol. The Morgan fingerprint density at radius 1 is 1.47 bits per heavy atom. The first-order valence-corrected chi connectivity index (χ1v) is 4.41. The fourth-order valence-electron chi connectivity index (χ4n) is 1.29. The predicted octanol–water partition coefficient (Wildman–Crippen LogP) is 0.969. The molecular formula is C10H10O5. The van der Waals surface area contributed by atoms with Crippen molar-refractivity contribution >= 4 is 5.97 Å². The number of rotatable bonds is 2. The molecule has 0 aromatic heterocycles. The Kier molecular flexibility index (Phi) is 2.47. The number of ether oxygens (including phenoxy) is 3. The molecule has 0 bridgehead atoms. The number of hydrogen-bond acceptors (Lipinski definition) is 5. The minimum atomic E-state index is -1.27. The molecule has 5 nitrogen and oxygen atoms in total. The van der Waals surface area contributed by atoms with Crippen LogP contribution < -0.4 is 9.47 Å². The molecule has 1 aliphatic heterocycles. The second-order valence-corrected chi connectivity index (χ2v) is 3.07. The Labute approximate surface area is 86.2 Å². The highest BCUT2D eigenvalue weighted by molar-refractivity contribution is 5.66. The van der Waals surface area contributed by atoms with Gasteiger partial charge >= 0.3 is 5.97 Å². The fraction of sp³-hybridized carbons (Fsp3) is 0.300. The van der Waals surface area contributed by atoms with Crippen molar-refractivity contribution in [1.29, 1.82) is 0 Å². The van der Waals surface area contributed by atoms with Gasteiger partial charge in [0.2, 0.25) is 13.1 Å². The Morgan fingerprint density at radius 3 is 2.93 bits per heavy atom. The van der Waals surface area contributed by atoms with Crippen LogP contribution in [0.25, 0.3) is 0 Å². The summed E-state index contributed by atoms with van der Waals surface area (Å²) in [6, 6.07) is 4.85. The van der Waals surface area contributed by atoms with Gasteiger partial charge in [-0.05, 0) is 18.2 Å². The standard InChI is InChI=1S/C10H10O5/c1-6(11)15-10(12)7-2-3-8-9(4-7)14-5-13-8/h2-4,10,12H,5H2,1H3. The van der Waals surface area contributed by atoms with Gasteiger partial charge in [-0.1, -0.05) is 0 Å². The topological polar surface area (TPSA) is 65.0 Å². The first-order valence-electron chi connectivity index (χ1n) is 4.41. The van der Waals surface area contributed by atoms with E-state index in [1.165, 1.54) is 6.92 Å². The Bertz CT molecular complexity index is 387. The van der Waals surface area contributed by atoms with E-state index in [9.17, 15) is 9.90 Å². The molecular weight excluding hydrogens is 200 g/mol. The molecule has 80 valence electrons. The summed E-state index contributed by atoms with van der Waals surface area (Å²) >= 11 is 0. The summed E-state index contributed by atoms with van der Waals surface area (Å²) in [6.45, 7) is 1.40. The van der Waals surface area contributed by atoms with Crippen LogP contribution in [0.15, 0.2) is 18.2 Å². The normalized spacial score (nSPS) is 14.8. The summed E-state index contributed by atoms with van der Waals surface area (Å²) in [6.07, 6.45) is -1.27. The zero-order valence-corrected chi connectivity index (χ0v) is 8.10. The van der Waals surface area contributed by atoms with Crippen molar-refractivity contribution in [3.05, 3.63) is 23.8 Å². The smallest absolute Gasteiger partial charge is 0.305 e. The zero-order valence-electron chi connectivity index (χ0n) is 8.10. The maximum Gasteiger partial charge on any atom is 0.305 e. The van der Waals surface area contributed by atoms with Gasteiger partial charge < -0.3 is 19.3 Å². The second kappa shape index (κ2) is 3.78. The van der Waals surface area contributed by atoms with Crippen molar-refractivity contribution in [1.82, 2.24) is 0 Å².